The smallest absolute Gasteiger partial charge is 0.270 e. The summed E-state index contributed by atoms with van der Waals surface area (Å²) in [6.07, 6.45) is 13.2. The Bertz CT molecular complexity index is 1070. The molecule has 4 aromatic heterocycles. The van der Waals surface area contributed by atoms with Crippen molar-refractivity contribution >= 4 is 5.91 Å². The summed E-state index contributed by atoms with van der Waals surface area (Å²) < 4.78 is 0. The van der Waals surface area contributed by atoms with E-state index in [1.807, 2.05) is 12.1 Å². The molecule has 0 aliphatic rings. The molecule has 4 rings (SSSR count). The van der Waals surface area contributed by atoms with E-state index in [0.717, 1.165) is 22.3 Å². The molecule has 0 radical (unpaired) electrons. The zero-order valence-electron chi connectivity index (χ0n) is 14.7. The van der Waals surface area contributed by atoms with E-state index in [1.54, 1.807) is 61.7 Å². The molecule has 8 heteroatoms. The summed E-state index contributed by atoms with van der Waals surface area (Å²) in [5.41, 5.74) is 4.53. The number of amides is 1. The first kappa shape index (κ1) is 17.3. The average molecular weight is 369 g/mol. The minimum absolute atomic E-state index is 0.262. The molecule has 4 aromatic rings. The highest BCUT2D eigenvalue weighted by Gasteiger charge is 2.09. The molecule has 0 saturated carbocycles. The third-order valence-electron chi connectivity index (χ3n) is 4.02. The van der Waals surface area contributed by atoms with Crippen molar-refractivity contribution in [1.29, 1.82) is 0 Å². The Hall–Kier alpha value is -4.07. The quantitative estimate of drug-likeness (QED) is 0.575. The molecule has 4 heterocycles. The van der Waals surface area contributed by atoms with Crippen molar-refractivity contribution in [2.75, 3.05) is 0 Å². The second kappa shape index (κ2) is 8.09. The Morgan fingerprint density at radius 1 is 0.786 bits per heavy atom. The number of nitrogens with zero attached hydrogens (tertiary/aromatic N) is 6. The molecule has 28 heavy (non-hydrogen) atoms. The highest BCUT2D eigenvalue weighted by Crippen LogP contribution is 2.17. The minimum atomic E-state index is -0.262. The molecule has 0 atom stereocenters. The number of pyridine rings is 2. The van der Waals surface area contributed by atoms with Crippen molar-refractivity contribution in [3.63, 3.8) is 0 Å². The van der Waals surface area contributed by atoms with Gasteiger partial charge in [-0.15, -0.1) is 0 Å². The number of aromatic nitrogens is 6. The Kier molecular flexibility index (Phi) is 5.01. The maximum absolute atomic E-state index is 12.4. The molecule has 8 nitrogen and oxygen atoms in total. The van der Waals surface area contributed by atoms with Crippen molar-refractivity contribution in [2.45, 2.75) is 6.54 Å². The predicted molar refractivity (Wildman–Crippen MR) is 102 cm³/mol. The van der Waals surface area contributed by atoms with Crippen LogP contribution in [0.1, 0.15) is 16.1 Å². The molecular formula is C20H15N7O. The second-order valence-corrected chi connectivity index (χ2v) is 5.92. The number of rotatable bonds is 5. The molecule has 0 saturated heterocycles. The molecule has 0 aromatic carbocycles. The van der Waals surface area contributed by atoms with E-state index in [2.05, 4.69) is 35.5 Å². The molecule has 1 amide bonds. The van der Waals surface area contributed by atoms with E-state index in [1.165, 1.54) is 0 Å². The van der Waals surface area contributed by atoms with Crippen LogP contribution in [-0.2, 0) is 6.54 Å². The van der Waals surface area contributed by atoms with Crippen LogP contribution in [0.25, 0.3) is 22.4 Å². The summed E-state index contributed by atoms with van der Waals surface area (Å²) in [6, 6.07) is 7.27. The van der Waals surface area contributed by atoms with Gasteiger partial charge in [-0.1, -0.05) is 0 Å². The number of hydrogen-bond acceptors (Lipinski definition) is 7. The molecular weight excluding hydrogens is 354 g/mol. The summed E-state index contributed by atoms with van der Waals surface area (Å²) in [5, 5.41) is 10.5. The van der Waals surface area contributed by atoms with Crippen molar-refractivity contribution in [1.82, 2.24) is 35.5 Å². The first-order chi connectivity index (χ1) is 13.8. The minimum Gasteiger partial charge on any atom is -0.347 e. The number of hydrogen-bond donors (Lipinski definition) is 1. The summed E-state index contributed by atoms with van der Waals surface area (Å²) in [5.74, 6) is -0.262. The maximum Gasteiger partial charge on any atom is 0.270 e. The van der Waals surface area contributed by atoms with Crippen LogP contribution in [-0.4, -0.2) is 36.0 Å². The summed E-state index contributed by atoms with van der Waals surface area (Å²) in [4.78, 5) is 29.1. The first-order valence-corrected chi connectivity index (χ1v) is 8.51. The van der Waals surface area contributed by atoms with E-state index in [0.29, 0.717) is 17.9 Å². The number of carbonyl (C=O) groups is 1. The average Bonchev–Trinajstić information content (AvgIpc) is 2.79. The lowest BCUT2D eigenvalue weighted by Crippen LogP contribution is -2.23. The van der Waals surface area contributed by atoms with E-state index in [4.69, 9.17) is 0 Å². The monoisotopic (exact) mass is 369 g/mol. The van der Waals surface area contributed by atoms with Crippen molar-refractivity contribution in [2.24, 2.45) is 0 Å². The lowest BCUT2D eigenvalue weighted by atomic mass is 10.1. The predicted octanol–water partition coefficient (Wildman–Crippen LogP) is 2.32. The van der Waals surface area contributed by atoms with E-state index < -0.39 is 0 Å². The normalized spacial score (nSPS) is 10.4. The standard InChI is InChI=1S/C20H15N7O/c28-20(18-2-1-16(11-24-18)19-13-21-5-6-23-19)25-9-14-7-17(10-22-8-14)15-3-4-26-27-12-15/h1-8,10-13H,9H2,(H,25,28). The molecule has 0 spiro atoms. The van der Waals surface area contributed by atoms with Crippen LogP contribution in [0.5, 0.6) is 0 Å². The van der Waals surface area contributed by atoms with Crippen LogP contribution in [0.3, 0.4) is 0 Å². The van der Waals surface area contributed by atoms with Crippen LogP contribution < -0.4 is 5.32 Å². The van der Waals surface area contributed by atoms with Gasteiger partial charge in [-0.05, 0) is 29.8 Å². The summed E-state index contributed by atoms with van der Waals surface area (Å²) in [6.45, 7) is 0.339. The first-order valence-electron chi connectivity index (χ1n) is 8.51. The van der Waals surface area contributed by atoms with Gasteiger partial charge in [-0.25, -0.2) is 0 Å². The summed E-state index contributed by atoms with van der Waals surface area (Å²) >= 11 is 0. The van der Waals surface area contributed by atoms with Crippen LogP contribution in [0, 0.1) is 0 Å². The highest BCUT2D eigenvalue weighted by molar-refractivity contribution is 5.92. The zero-order chi connectivity index (χ0) is 19.2. The fourth-order valence-electron chi connectivity index (χ4n) is 2.60. The molecule has 0 fully saturated rings. The van der Waals surface area contributed by atoms with Crippen LogP contribution in [0.15, 0.2) is 73.8 Å². The lowest BCUT2D eigenvalue weighted by Gasteiger charge is -2.07. The van der Waals surface area contributed by atoms with Gasteiger partial charge in [0.2, 0.25) is 0 Å². The van der Waals surface area contributed by atoms with Gasteiger partial charge in [-0.3, -0.25) is 24.7 Å². The van der Waals surface area contributed by atoms with E-state index in [-0.39, 0.29) is 5.91 Å². The molecule has 0 aliphatic heterocycles. The Morgan fingerprint density at radius 3 is 2.50 bits per heavy atom. The largest absolute Gasteiger partial charge is 0.347 e. The molecule has 1 N–H and O–H groups in total. The molecule has 0 aliphatic carbocycles. The van der Waals surface area contributed by atoms with Gasteiger partial charge in [0.1, 0.15) is 5.69 Å². The lowest BCUT2D eigenvalue weighted by molar-refractivity contribution is 0.0946. The molecule has 0 bridgehead atoms. The maximum atomic E-state index is 12.4. The molecule has 0 unspecified atom stereocenters. The number of nitrogens with one attached hydrogen (secondary N) is 1. The summed E-state index contributed by atoms with van der Waals surface area (Å²) in [7, 11) is 0. The van der Waals surface area contributed by atoms with Crippen molar-refractivity contribution in [3.05, 3.63) is 85.1 Å². The van der Waals surface area contributed by atoms with Crippen LogP contribution >= 0.6 is 0 Å². The van der Waals surface area contributed by atoms with Crippen LogP contribution in [0.2, 0.25) is 0 Å². The third kappa shape index (κ3) is 4.01. The van der Waals surface area contributed by atoms with Gasteiger partial charge in [-0.2, -0.15) is 10.2 Å². The van der Waals surface area contributed by atoms with Gasteiger partial charge in [0.15, 0.2) is 0 Å². The molecule has 136 valence electrons. The van der Waals surface area contributed by atoms with E-state index >= 15 is 0 Å². The van der Waals surface area contributed by atoms with Crippen LogP contribution in [0.4, 0.5) is 0 Å². The Balaban J connectivity index is 1.42. The fourth-order valence-corrected chi connectivity index (χ4v) is 2.60. The van der Waals surface area contributed by atoms with Gasteiger partial charge in [0.25, 0.3) is 5.91 Å². The van der Waals surface area contributed by atoms with Crippen molar-refractivity contribution < 1.29 is 4.79 Å². The fraction of sp³-hybridized carbons (Fsp3) is 0.0500. The second-order valence-electron chi connectivity index (χ2n) is 5.92. The van der Waals surface area contributed by atoms with Gasteiger partial charge in [0.05, 0.1) is 24.3 Å². The topological polar surface area (TPSA) is 106 Å². The SMILES string of the molecule is O=C(NCc1cncc(-c2ccnnc2)c1)c1ccc(-c2cnccn2)cn1. The van der Waals surface area contributed by atoms with Gasteiger partial charge < -0.3 is 5.32 Å². The zero-order valence-corrected chi connectivity index (χ0v) is 14.7. The highest BCUT2D eigenvalue weighted by atomic mass is 16.1. The Labute approximate surface area is 160 Å². The van der Waals surface area contributed by atoms with E-state index in [9.17, 15) is 4.79 Å². The van der Waals surface area contributed by atoms with Gasteiger partial charge in [0, 0.05) is 54.2 Å². The van der Waals surface area contributed by atoms with Gasteiger partial charge >= 0.3 is 0 Å². The Morgan fingerprint density at radius 2 is 1.75 bits per heavy atom. The van der Waals surface area contributed by atoms with Crippen molar-refractivity contribution in [3.8, 4) is 22.4 Å². The third-order valence-corrected chi connectivity index (χ3v) is 4.02. The number of carbonyl (C=O) groups excluding carboxylic acids is 1.